The van der Waals surface area contributed by atoms with Crippen molar-refractivity contribution < 1.29 is 19.4 Å². The molecule has 100 valence electrons. The number of carbonyl (C=O) groups is 2. The lowest BCUT2D eigenvalue weighted by Gasteiger charge is -2.01. The van der Waals surface area contributed by atoms with Crippen LogP contribution in [0.5, 0.6) is 5.75 Å². The molecule has 0 aliphatic rings. The Morgan fingerprint density at radius 3 is 2.79 bits per heavy atom. The second kappa shape index (κ2) is 5.23. The molecule has 3 N–H and O–H groups in total. The van der Waals surface area contributed by atoms with Gasteiger partial charge in [0.2, 0.25) is 0 Å². The first-order valence-corrected chi connectivity index (χ1v) is 6.32. The summed E-state index contributed by atoms with van der Waals surface area (Å²) in [6.45, 7) is 0. The van der Waals surface area contributed by atoms with Crippen molar-refractivity contribution in [2.24, 2.45) is 0 Å². The Labute approximate surface area is 112 Å². The standard InChI is InChI=1S/C12H12N2O4S/c1-18-8-5-9-6(14-12(8)13)4-10(19-9)7(15)2-3-11(16)17/h4-5H,2-3H2,1H3,(H2,13,14)(H,16,17). The Hall–Kier alpha value is -2.15. The third-order valence-corrected chi connectivity index (χ3v) is 3.67. The molecule has 7 heteroatoms. The minimum Gasteiger partial charge on any atom is -0.493 e. The van der Waals surface area contributed by atoms with Crippen molar-refractivity contribution in [1.29, 1.82) is 0 Å². The van der Waals surface area contributed by atoms with Gasteiger partial charge in [-0.2, -0.15) is 0 Å². The number of carboxylic acids is 1. The fourth-order valence-corrected chi connectivity index (χ4v) is 2.61. The third kappa shape index (κ3) is 2.82. The van der Waals surface area contributed by atoms with Crippen molar-refractivity contribution in [3.8, 4) is 5.75 Å². The van der Waals surface area contributed by atoms with Crippen LogP contribution in [-0.4, -0.2) is 29.0 Å². The van der Waals surface area contributed by atoms with Gasteiger partial charge in [-0.25, -0.2) is 4.98 Å². The van der Waals surface area contributed by atoms with E-state index >= 15 is 0 Å². The summed E-state index contributed by atoms with van der Waals surface area (Å²) >= 11 is 1.25. The zero-order valence-corrected chi connectivity index (χ0v) is 11.0. The van der Waals surface area contributed by atoms with Crippen LogP contribution in [0.2, 0.25) is 0 Å². The molecule has 2 aromatic heterocycles. The summed E-state index contributed by atoms with van der Waals surface area (Å²) in [6, 6.07) is 3.34. The van der Waals surface area contributed by atoms with Gasteiger partial charge in [0.15, 0.2) is 17.4 Å². The second-order valence-electron chi connectivity index (χ2n) is 3.89. The van der Waals surface area contributed by atoms with E-state index < -0.39 is 5.97 Å². The third-order valence-electron chi connectivity index (χ3n) is 2.56. The summed E-state index contributed by atoms with van der Waals surface area (Å²) < 4.78 is 5.84. The molecular formula is C12H12N2O4S. The maximum atomic E-state index is 11.8. The molecular weight excluding hydrogens is 268 g/mol. The maximum absolute atomic E-state index is 11.8. The van der Waals surface area contributed by atoms with E-state index in [9.17, 15) is 9.59 Å². The highest BCUT2D eigenvalue weighted by Crippen LogP contribution is 2.31. The van der Waals surface area contributed by atoms with E-state index in [2.05, 4.69) is 4.98 Å². The van der Waals surface area contributed by atoms with Crippen LogP contribution in [0, 0.1) is 0 Å². The zero-order chi connectivity index (χ0) is 14.0. The molecule has 0 atom stereocenters. The van der Waals surface area contributed by atoms with Gasteiger partial charge in [0.1, 0.15) is 0 Å². The van der Waals surface area contributed by atoms with Crippen LogP contribution < -0.4 is 10.5 Å². The summed E-state index contributed by atoms with van der Waals surface area (Å²) in [7, 11) is 1.49. The molecule has 0 bridgehead atoms. The molecule has 0 saturated carbocycles. The molecule has 2 heterocycles. The maximum Gasteiger partial charge on any atom is 0.303 e. The number of thiophene rings is 1. The van der Waals surface area contributed by atoms with E-state index in [-0.39, 0.29) is 24.4 Å². The number of nitrogens with zero attached hydrogens (tertiary/aromatic N) is 1. The second-order valence-corrected chi connectivity index (χ2v) is 4.97. The van der Waals surface area contributed by atoms with Crippen LogP contribution in [0.15, 0.2) is 12.1 Å². The van der Waals surface area contributed by atoms with E-state index in [4.69, 9.17) is 15.6 Å². The molecule has 0 amide bonds. The lowest BCUT2D eigenvalue weighted by atomic mass is 10.2. The molecule has 0 aliphatic heterocycles. The first kappa shape index (κ1) is 13.3. The van der Waals surface area contributed by atoms with Gasteiger partial charge in [-0.3, -0.25) is 9.59 Å². The summed E-state index contributed by atoms with van der Waals surface area (Å²) in [5, 5.41) is 8.56. The molecule has 2 rings (SSSR count). The van der Waals surface area contributed by atoms with Gasteiger partial charge in [0.25, 0.3) is 0 Å². The van der Waals surface area contributed by atoms with Crippen molar-refractivity contribution in [2.75, 3.05) is 12.8 Å². The first-order chi connectivity index (χ1) is 9.01. The van der Waals surface area contributed by atoms with Gasteiger partial charge < -0.3 is 15.6 Å². The molecule has 0 aliphatic carbocycles. The Balaban J connectivity index is 2.31. The monoisotopic (exact) mass is 280 g/mol. The quantitative estimate of drug-likeness (QED) is 0.811. The van der Waals surface area contributed by atoms with Crippen LogP contribution in [0.25, 0.3) is 10.2 Å². The number of aliphatic carboxylic acids is 1. The molecule has 0 radical (unpaired) electrons. The van der Waals surface area contributed by atoms with Gasteiger partial charge in [-0.1, -0.05) is 0 Å². The average Bonchev–Trinajstić information content (AvgIpc) is 2.77. The fourth-order valence-electron chi connectivity index (χ4n) is 1.61. The predicted molar refractivity (Wildman–Crippen MR) is 71.8 cm³/mol. The Kier molecular flexibility index (Phi) is 3.66. The number of aromatic nitrogens is 1. The predicted octanol–water partition coefficient (Wildman–Crippen LogP) is 1.93. The molecule has 19 heavy (non-hydrogen) atoms. The summed E-state index contributed by atoms with van der Waals surface area (Å²) in [5.41, 5.74) is 6.30. The van der Waals surface area contributed by atoms with Crippen molar-refractivity contribution in [3.05, 3.63) is 17.0 Å². The number of rotatable bonds is 5. The zero-order valence-electron chi connectivity index (χ0n) is 10.2. The van der Waals surface area contributed by atoms with Crippen molar-refractivity contribution in [1.82, 2.24) is 4.98 Å². The van der Waals surface area contributed by atoms with Gasteiger partial charge in [-0.05, 0) is 6.07 Å². The number of ketones is 1. The SMILES string of the molecule is COc1cc2sc(C(=O)CCC(=O)O)cc2nc1N. The molecule has 2 aromatic rings. The topological polar surface area (TPSA) is 103 Å². The van der Waals surface area contributed by atoms with Gasteiger partial charge in [0, 0.05) is 12.5 Å². The molecule has 0 saturated heterocycles. The number of pyridine rings is 1. The van der Waals surface area contributed by atoms with E-state index in [0.717, 1.165) is 4.70 Å². The van der Waals surface area contributed by atoms with E-state index in [0.29, 0.717) is 16.1 Å². The van der Waals surface area contributed by atoms with Crippen LogP contribution in [0.4, 0.5) is 5.82 Å². The van der Waals surface area contributed by atoms with Crippen molar-refractivity contribution in [3.63, 3.8) is 0 Å². The molecule has 0 unspecified atom stereocenters. The number of hydrogen-bond acceptors (Lipinski definition) is 6. The largest absolute Gasteiger partial charge is 0.493 e. The Morgan fingerprint density at radius 1 is 1.42 bits per heavy atom. The Bertz CT molecular complexity index is 650. The highest BCUT2D eigenvalue weighted by Gasteiger charge is 2.14. The van der Waals surface area contributed by atoms with Crippen molar-refractivity contribution >= 4 is 39.1 Å². The fraction of sp³-hybridized carbons (Fsp3) is 0.250. The lowest BCUT2D eigenvalue weighted by molar-refractivity contribution is -0.136. The number of anilines is 1. The first-order valence-electron chi connectivity index (χ1n) is 5.50. The minimum absolute atomic E-state index is 0.0191. The minimum atomic E-state index is -0.988. The van der Waals surface area contributed by atoms with Crippen LogP contribution >= 0.6 is 11.3 Å². The van der Waals surface area contributed by atoms with Crippen LogP contribution in [-0.2, 0) is 4.79 Å². The number of carbonyl (C=O) groups excluding carboxylic acids is 1. The number of ether oxygens (including phenoxy) is 1. The van der Waals surface area contributed by atoms with Gasteiger partial charge >= 0.3 is 5.97 Å². The van der Waals surface area contributed by atoms with E-state index in [1.54, 1.807) is 12.1 Å². The molecule has 0 aromatic carbocycles. The normalized spacial score (nSPS) is 10.6. The van der Waals surface area contributed by atoms with Gasteiger partial charge in [-0.15, -0.1) is 11.3 Å². The number of hydrogen-bond donors (Lipinski definition) is 2. The molecule has 0 fully saturated rings. The number of nitrogens with two attached hydrogens (primary N) is 1. The van der Waals surface area contributed by atoms with Crippen molar-refractivity contribution in [2.45, 2.75) is 12.8 Å². The van der Waals surface area contributed by atoms with E-state index in [1.165, 1.54) is 18.4 Å². The molecule has 0 spiro atoms. The number of fused-ring (bicyclic) bond motifs is 1. The van der Waals surface area contributed by atoms with Gasteiger partial charge in [0.05, 0.1) is 28.6 Å². The number of Topliss-reactive ketones (excluding diaryl/α,β-unsaturated/α-hetero) is 1. The van der Waals surface area contributed by atoms with E-state index in [1.807, 2.05) is 0 Å². The summed E-state index contributed by atoms with van der Waals surface area (Å²) in [4.78, 5) is 26.9. The Morgan fingerprint density at radius 2 is 2.16 bits per heavy atom. The number of methoxy groups -OCH3 is 1. The average molecular weight is 280 g/mol. The molecule has 6 nitrogen and oxygen atoms in total. The highest BCUT2D eigenvalue weighted by molar-refractivity contribution is 7.20. The summed E-state index contributed by atoms with van der Waals surface area (Å²) in [5.74, 6) is -0.474. The van der Waals surface area contributed by atoms with Crippen LogP contribution in [0.1, 0.15) is 22.5 Å². The smallest absolute Gasteiger partial charge is 0.303 e. The summed E-state index contributed by atoms with van der Waals surface area (Å²) in [6.07, 6.45) is -0.194. The highest BCUT2D eigenvalue weighted by atomic mass is 32.1. The lowest BCUT2D eigenvalue weighted by Crippen LogP contribution is -2.01. The number of carboxylic acid groups (broad SMARTS) is 1. The number of nitrogen functional groups attached to an aromatic ring is 1. The van der Waals surface area contributed by atoms with Crippen LogP contribution in [0.3, 0.4) is 0 Å².